The average Bonchev–Trinajstić information content (AvgIpc) is 3.12. The number of hydrogen-bond donors (Lipinski definition) is 2. The number of nitrogens with zero attached hydrogens (tertiary/aromatic N) is 1. The van der Waals surface area contributed by atoms with Gasteiger partial charge < -0.3 is 10.4 Å². The van der Waals surface area contributed by atoms with Crippen molar-refractivity contribution in [3.8, 4) is 5.75 Å². The molecule has 0 radical (unpaired) electrons. The molecule has 1 aliphatic rings. The lowest BCUT2D eigenvalue weighted by Gasteiger charge is -2.17. The summed E-state index contributed by atoms with van der Waals surface area (Å²) < 4.78 is 26.8. The maximum absolute atomic E-state index is 12.7. The van der Waals surface area contributed by atoms with Gasteiger partial charge in [0.15, 0.2) is 0 Å². The van der Waals surface area contributed by atoms with Gasteiger partial charge in [-0.1, -0.05) is 17.7 Å². The molecule has 2 aromatic carbocycles. The molecular weight excluding hydrogens is 352 g/mol. The third-order valence-electron chi connectivity index (χ3n) is 4.55. The molecule has 0 aliphatic carbocycles. The smallest absolute Gasteiger partial charge is 0.256 e. The summed E-state index contributed by atoms with van der Waals surface area (Å²) in [6.07, 6.45) is 1.68. The first kappa shape index (κ1) is 18.4. The standard InChI is InChI=1S/C19H22N2O4S/c1-13-5-7-16(14(2)11-13)19(23)20-17-12-15(6-8-18(17)22)26(24,25)21-9-3-4-10-21/h5-8,11-12,22H,3-4,9-10H2,1-2H3,(H,20,23). The van der Waals surface area contributed by atoms with E-state index in [1.807, 2.05) is 26.0 Å². The van der Waals surface area contributed by atoms with Gasteiger partial charge in [0.05, 0.1) is 10.6 Å². The van der Waals surface area contributed by atoms with Gasteiger partial charge in [0.25, 0.3) is 5.91 Å². The van der Waals surface area contributed by atoms with Gasteiger partial charge in [0, 0.05) is 18.7 Å². The first-order chi connectivity index (χ1) is 12.3. The molecular formula is C19H22N2O4S. The molecule has 3 rings (SSSR count). The highest BCUT2D eigenvalue weighted by atomic mass is 32.2. The van der Waals surface area contributed by atoms with Gasteiger partial charge in [0.1, 0.15) is 5.75 Å². The van der Waals surface area contributed by atoms with E-state index in [2.05, 4.69) is 5.32 Å². The van der Waals surface area contributed by atoms with E-state index in [0.29, 0.717) is 18.7 Å². The van der Waals surface area contributed by atoms with E-state index in [-0.39, 0.29) is 16.3 Å². The van der Waals surface area contributed by atoms with Gasteiger partial charge in [-0.25, -0.2) is 8.42 Å². The molecule has 0 saturated carbocycles. The summed E-state index contributed by atoms with van der Waals surface area (Å²) in [6, 6.07) is 9.39. The van der Waals surface area contributed by atoms with Gasteiger partial charge >= 0.3 is 0 Å². The Bertz CT molecular complexity index is 948. The minimum absolute atomic E-state index is 0.0631. The first-order valence-corrected chi connectivity index (χ1v) is 9.95. The third kappa shape index (κ3) is 3.59. The lowest BCUT2D eigenvalue weighted by molar-refractivity contribution is 0.102. The predicted octanol–water partition coefficient (Wildman–Crippen LogP) is 3.05. The molecule has 2 N–H and O–H groups in total. The number of nitrogens with one attached hydrogen (secondary N) is 1. The number of phenols is 1. The Morgan fingerprint density at radius 3 is 2.42 bits per heavy atom. The number of hydrogen-bond acceptors (Lipinski definition) is 4. The molecule has 26 heavy (non-hydrogen) atoms. The van der Waals surface area contributed by atoms with E-state index < -0.39 is 15.9 Å². The molecule has 0 spiro atoms. The molecule has 0 atom stereocenters. The number of aromatic hydroxyl groups is 1. The van der Waals surface area contributed by atoms with Gasteiger partial charge in [-0.2, -0.15) is 4.31 Å². The second-order valence-electron chi connectivity index (χ2n) is 6.56. The summed E-state index contributed by atoms with van der Waals surface area (Å²) in [4.78, 5) is 12.6. The number of carbonyl (C=O) groups is 1. The van der Waals surface area contributed by atoms with Crippen molar-refractivity contribution in [1.29, 1.82) is 0 Å². The molecule has 1 fully saturated rings. The molecule has 0 bridgehead atoms. The number of amides is 1. The zero-order valence-electron chi connectivity index (χ0n) is 14.8. The number of sulfonamides is 1. The van der Waals surface area contributed by atoms with Crippen molar-refractivity contribution in [1.82, 2.24) is 4.31 Å². The predicted molar refractivity (Wildman–Crippen MR) is 100.0 cm³/mol. The van der Waals surface area contributed by atoms with Gasteiger partial charge in [-0.05, 0) is 56.5 Å². The summed E-state index contributed by atoms with van der Waals surface area (Å²) in [5, 5.41) is 12.7. The fourth-order valence-electron chi connectivity index (χ4n) is 3.11. The number of rotatable bonds is 4. The van der Waals surface area contributed by atoms with Crippen molar-refractivity contribution in [3.63, 3.8) is 0 Å². The molecule has 1 amide bonds. The highest BCUT2D eigenvalue weighted by Crippen LogP contribution is 2.30. The summed E-state index contributed by atoms with van der Waals surface area (Å²) >= 11 is 0. The summed E-state index contributed by atoms with van der Waals surface area (Å²) in [5.74, 6) is -0.572. The van der Waals surface area contributed by atoms with Crippen LogP contribution in [-0.4, -0.2) is 36.8 Å². The largest absolute Gasteiger partial charge is 0.506 e. The van der Waals surface area contributed by atoms with Gasteiger partial charge in [-0.3, -0.25) is 4.79 Å². The molecule has 1 aliphatic heterocycles. The first-order valence-electron chi connectivity index (χ1n) is 8.51. The Labute approximate surface area is 153 Å². The average molecular weight is 374 g/mol. The van der Waals surface area contributed by atoms with Crippen molar-refractivity contribution in [2.24, 2.45) is 0 Å². The molecule has 1 saturated heterocycles. The van der Waals surface area contributed by atoms with Gasteiger partial charge in [0.2, 0.25) is 10.0 Å². The molecule has 6 nitrogen and oxygen atoms in total. The van der Waals surface area contributed by atoms with Crippen LogP contribution in [-0.2, 0) is 10.0 Å². The lowest BCUT2D eigenvalue weighted by Crippen LogP contribution is -2.28. The molecule has 0 aromatic heterocycles. The van der Waals surface area contributed by atoms with Crippen LogP contribution in [0.25, 0.3) is 0 Å². The topological polar surface area (TPSA) is 86.7 Å². The van der Waals surface area contributed by atoms with Crippen LogP contribution in [0.2, 0.25) is 0 Å². The summed E-state index contributed by atoms with van der Waals surface area (Å²) in [5.41, 5.74) is 2.40. The number of aryl methyl sites for hydroxylation is 2. The van der Waals surface area contributed by atoms with Gasteiger partial charge in [-0.15, -0.1) is 0 Å². The van der Waals surface area contributed by atoms with E-state index in [0.717, 1.165) is 24.0 Å². The van der Waals surface area contributed by atoms with Crippen LogP contribution < -0.4 is 5.32 Å². The van der Waals surface area contributed by atoms with Crippen LogP contribution in [0.4, 0.5) is 5.69 Å². The second kappa shape index (κ2) is 7.09. The van der Waals surface area contributed by atoms with Crippen molar-refractivity contribution >= 4 is 21.6 Å². The fourth-order valence-corrected chi connectivity index (χ4v) is 4.66. The summed E-state index contributed by atoms with van der Waals surface area (Å²) in [7, 11) is -3.62. The Hall–Kier alpha value is -2.38. The maximum Gasteiger partial charge on any atom is 0.256 e. The number of carbonyl (C=O) groups excluding carboxylic acids is 1. The Morgan fingerprint density at radius 2 is 1.77 bits per heavy atom. The van der Waals surface area contributed by atoms with Crippen LogP contribution >= 0.6 is 0 Å². The van der Waals surface area contributed by atoms with Crippen LogP contribution in [0.15, 0.2) is 41.3 Å². The second-order valence-corrected chi connectivity index (χ2v) is 8.50. The van der Waals surface area contributed by atoms with Crippen molar-refractivity contribution in [3.05, 3.63) is 53.1 Å². The Kier molecular flexibility index (Phi) is 5.02. The molecule has 1 heterocycles. The van der Waals surface area contributed by atoms with Crippen LogP contribution in [0, 0.1) is 13.8 Å². The molecule has 138 valence electrons. The van der Waals surface area contributed by atoms with Crippen molar-refractivity contribution < 1.29 is 18.3 Å². The quantitative estimate of drug-likeness (QED) is 0.806. The minimum atomic E-state index is -3.62. The number of anilines is 1. The van der Waals surface area contributed by atoms with Crippen LogP contribution in [0.3, 0.4) is 0 Å². The lowest BCUT2D eigenvalue weighted by atomic mass is 10.1. The molecule has 0 unspecified atom stereocenters. The number of benzene rings is 2. The normalized spacial score (nSPS) is 15.2. The minimum Gasteiger partial charge on any atom is -0.506 e. The number of phenolic OH excluding ortho intramolecular Hbond substituents is 1. The fraction of sp³-hybridized carbons (Fsp3) is 0.316. The zero-order chi connectivity index (χ0) is 18.9. The van der Waals surface area contributed by atoms with Crippen molar-refractivity contribution in [2.75, 3.05) is 18.4 Å². The van der Waals surface area contributed by atoms with Crippen molar-refractivity contribution in [2.45, 2.75) is 31.6 Å². The maximum atomic E-state index is 12.7. The highest BCUT2D eigenvalue weighted by molar-refractivity contribution is 7.89. The zero-order valence-corrected chi connectivity index (χ0v) is 15.6. The molecule has 2 aromatic rings. The van der Waals surface area contributed by atoms with E-state index in [1.165, 1.54) is 22.5 Å². The Balaban J connectivity index is 1.89. The SMILES string of the molecule is Cc1ccc(C(=O)Nc2cc(S(=O)(=O)N3CCCC3)ccc2O)c(C)c1. The van der Waals surface area contributed by atoms with Crippen LogP contribution in [0.5, 0.6) is 5.75 Å². The molecule has 7 heteroatoms. The highest BCUT2D eigenvalue weighted by Gasteiger charge is 2.28. The Morgan fingerprint density at radius 1 is 1.08 bits per heavy atom. The van der Waals surface area contributed by atoms with E-state index >= 15 is 0 Å². The van der Waals surface area contributed by atoms with Crippen LogP contribution in [0.1, 0.15) is 34.3 Å². The van der Waals surface area contributed by atoms with E-state index in [4.69, 9.17) is 0 Å². The van der Waals surface area contributed by atoms with E-state index in [1.54, 1.807) is 6.07 Å². The summed E-state index contributed by atoms with van der Waals surface area (Å²) in [6.45, 7) is 4.75. The monoisotopic (exact) mass is 374 g/mol. The third-order valence-corrected chi connectivity index (χ3v) is 6.44. The van der Waals surface area contributed by atoms with E-state index in [9.17, 15) is 18.3 Å².